The second kappa shape index (κ2) is 3.41. The molecule has 0 aromatic carbocycles. The van der Waals surface area contributed by atoms with E-state index in [1.807, 2.05) is 0 Å². The van der Waals surface area contributed by atoms with Crippen LogP contribution in [0.1, 0.15) is 13.8 Å². The van der Waals surface area contributed by atoms with Crippen LogP contribution in [-0.4, -0.2) is 34.8 Å². The van der Waals surface area contributed by atoms with E-state index in [-0.39, 0.29) is 6.04 Å². The van der Waals surface area contributed by atoms with Gasteiger partial charge in [0.05, 0.1) is 0 Å². The fraction of sp³-hybridized carbons (Fsp3) is 0.500. The lowest BCUT2D eigenvalue weighted by molar-refractivity contribution is 1.11. The van der Waals surface area contributed by atoms with Gasteiger partial charge in [-0.3, -0.25) is 4.99 Å². The van der Waals surface area contributed by atoms with Gasteiger partial charge in [-0.25, -0.2) is 15.0 Å². The molecule has 0 aromatic heterocycles. The molecule has 1 unspecified atom stereocenters. The maximum absolute atomic E-state index is 4.21. The molecular weight excluding hydrogens is 184 g/mol. The van der Waals surface area contributed by atoms with Crippen LogP contribution in [0.3, 0.4) is 0 Å². The maximum Gasteiger partial charge on any atom is 0.163 e. The monoisotopic (exact) mass is 194 g/mol. The first-order chi connectivity index (χ1) is 6.27. The van der Waals surface area contributed by atoms with Crippen LogP contribution in [0.2, 0.25) is 0 Å². The topological polar surface area (TPSA) is 49.4 Å². The fourth-order valence-electron chi connectivity index (χ4n) is 1.13. The van der Waals surface area contributed by atoms with Gasteiger partial charge in [0.2, 0.25) is 0 Å². The number of aliphatic imine (C=N–C) groups is 4. The van der Waals surface area contributed by atoms with Crippen molar-refractivity contribution in [3.63, 3.8) is 0 Å². The Balaban J connectivity index is 2.19. The lowest BCUT2D eigenvalue weighted by Gasteiger charge is -2.14. The Morgan fingerprint density at radius 3 is 2.92 bits per heavy atom. The molecule has 0 amide bonds. The summed E-state index contributed by atoms with van der Waals surface area (Å²) in [7, 11) is 0. The van der Waals surface area contributed by atoms with Gasteiger partial charge in [0.1, 0.15) is 17.7 Å². The van der Waals surface area contributed by atoms with E-state index >= 15 is 0 Å². The summed E-state index contributed by atoms with van der Waals surface area (Å²) >= 11 is 1.72. The van der Waals surface area contributed by atoms with Crippen molar-refractivity contribution < 1.29 is 0 Å². The Labute approximate surface area is 81.0 Å². The molecule has 0 bridgehead atoms. The predicted molar refractivity (Wildman–Crippen MR) is 58.4 cm³/mol. The summed E-state index contributed by atoms with van der Waals surface area (Å²) < 4.78 is 0. The van der Waals surface area contributed by atoms with E-state index < -0.39 is 0 Å². The second-order valence-electron chi connectivity index (χ2n) is 3.03. The van der Waals surface area contributed by atoms with Gasteiger partial charge in [-0.05, 0) is 0 Å². The molecule has 2 rings (SSSR count). The molecular formula is C8H10N4S. The van der Waals surface area contributed by atoms with E-state index in [4.69, 9.17) is 0 Å². The van der Waals surface area contributed by atoms with E-state index in [0.29, 0.717) is 5.25 Å². The number of hydrogen-bond acceptors (Lipinski definition) is 5. The van der Waals surface area contributed by atoms with Gasteiger partial charge in [0.25, 0.3) is 0 Å². The van der Waals surface area contributed by atoms with Crippen LogP contribution < -0.4 is 0 Å². The zero-order chi connectivity index (χ0) is 9.26. The third-order valence-electron chi connectivity index (χ3n) is 1.62. The number of hydrogen-bond donors (Lipinski definition) is 0. The van der Waals surface area contributed by atoms with Crippen LogP contribution >= 0.6 is 11.8 Å². The van der Waals surface area contributed by atoms with Gasteiger partial charge in [0.15, 0.2) is 11.9 Å². The SMILES string of the molecule is CC(C)SC1=NC=NC2=NC=NC21. The third-order valence-corrected chi connectivity index (χ3v) is 2.66. The third kappa shape index (κ3) is 1.70. The molecule has 0 saturated carbocycles. The van der Waals surface area contributed by atoms with Gasteiger partial charge in [-0.2, -0.15) is 0 Å². The van der Waals surface area contributed by atoms with Crippen molar-refractivity contribution in [1.82, 2.24) is 0 Å². The first-order valence-electron chi connectivity index (χ1n) is 4.13. The normalized spacial score (nSPS) is 24.7. The molecule has 4 nitrogen and oxygen atoms in total. The quantitative estimate of drug-likeness (QED) is 0.622. The van der Waals surface area contributed by atoms with Crippen LogP contribution in [0.25, 0.3) is 0 Å². The van der Waals surface area contributed by atoms with E-state index in [2.05, 4.69) is 33.8 Å². The van der Waals surface area contributed by atoms with Crippen molar-refractivity contribution in [2.24, 2.45) is 20.0 Å². The molecule has 0 fully saturated rings. The summed E-state index contributed by atoms with van der Waals surface area (Å²) in [5.41, 5.74) is 0. The molecule has 1 atom stereocenters. The van der Waals surface area contributed by atoms with Crippen LogP contribution in [0, 0.1) is 0 Å². The van der Waals surface area contributed by atoms with E-state index in [9.17, 15) is 0 Å². The summed E-state index contributed by atoms with van der Waals surface area (Å²) in [5, 5.41) is 1.51. The number of nitrogens with zero attached hydrogens (tertiary/aromatic N) is 4. The van der Waals surface area contributed by atoms with E-state index in [1.54, 1.807) is 24.4 Å². The summed E-state index contributed by atoms with van der Waals surface area (Å²) in [6.07, 6.45) is 3.10. The minimum atomic E-state index is -0.0302. The first-order valence-corrected chi connectivity index (χ1v) is 5.01. The van der Waals surface area contributed by atoms with Crippen molar-refractivity contribution in [3.05, 3.63) is 0 Å². The lowest BCUT2D eigenvalue weighted by Crippen LogP contribution is -2.26. The number of amidine groups is 1. The van der Waals surface area contributed by atoms with E-state index in [1.165, 1.54) is 0 Å². The Morgan fingerprint density at radius 2 is 2.15 bits per heavy atom. The molecule has 0 N–H and O–H groups in total. The van der Waals surface area contributed by atoms with Crippen LogP contribution in [0.5, 0.6) is 0 Å². The van der Waals surface area contributed by atoms with Crippen molar-refractivity contribution in [2.45, 2.75) is 25.1 Å². The van der Waals surface area contributed by atoms with Crippen molar-refractivity contribution in [1.29, 1.82) is 0 Å². The van der Waals surface area contributed by atoms with Gasteiger partial charge in [0, 0.05) is 5.25 Å². The number of thioether (sulfide) groups is 1. The second-order valence-corrected chi connectivity index (χ2v) is 4.63. The highest BCUT2D eigenvalue weighted by Gasteiger charge is 2.26. The van der Waals surface area contributed by atoms with E-state index in [0.717, 1.165) is 10.9 Å². The molecule has 2 aliphatic heterocycles. The first kappa shape index (κ1) is 8.62. The summed E-state index contributed by atoms with van der Waals surface area (Å²) in [6, 6.07) is -0.0302. The van der Waals surface area contributed by atoms with Gasteiger partial charge < -0.3 is 0 Å². The number of fused-ring (bicyclic) bond motifs is 1. The van der Waals surface area contributed by atoms with Crippen molar-refractivity contribution in [3.8, 4) is 0 Å². The summed E-state index contributed by atoms with van der Waals surface area (Å²) in [4.78, 5) is 16.5. The zero-order valence-corrected chi connectivity index (χ0v) is 8.32. The van der Waals surface area contributed by atoms with Gasteiger partial charge in [-0.1, -0.05) is 13.8 Å². The molecule has 0 saturated heterocycles. The molecule has 0 aromatic rings. The van der Waals surface area contributed by atoms with Crippen molar-refractivity contribution >= 4 is 35.3 Å². The molecule has 0 radical (unpaired) electrons. The minimum Gasteiger partial charge on any atom is -0.255 e. The van der Waals surface area contributed by atoms with Gasteiger partial charge in [-0.15, -0.1) is 11.8 Å². The highest BCUT2D eigenvalue weighted by molar-refractivity contribution is 8.14. The highest BCUT2D eigenvalue weighted by atomic mass is 32.2. The molecule has 0 spiro atoms. The summed E-state index contributed by atoms with van der Waals surface area (Å²) in [6.45, 7) is 4.27. The Bertz CT molecular complexity index is 327. The Hall–Kier alpha value is -0.970. The maximum atomic E-state index is 4.21. The Kier molecular flexibility index (Phi) is 2.26. The average molecular weight is 194 g/mol. The number of rotatable bonds is 1. The molecule has 2 heterocycles. The standard InChI is InChI=1S/C8H10N4S/c1-5(2)13-8-6-7(10-3-9-6)11-4-12-8/h3-6H,1-2H3. The molecule has 5 heteroatoms. The molecule has 0 aliphatic carbocycles. The van der Waals surface area contributed by atoms with Crippen molar-refractivity contribution in [2.75, 3.05) is 0 Å². The van der Waals surface area contributed by atoms with Crippen LogP contribution in [0.15, 0.2) is 20.0 Å². The van der Waals surface area contributed by atoms with Crippen LogP contribution in [-0.2, 0) is 0 Å². The highest BCUT2D eigenvalue weighted by Crippen LogP contribution is 2.21. The van der Waals surface area contributed by atoms with Crippen LogP contribution in [0.4, 0.5) is 0 Å². The lowest BCUT2D eigenvalue weighted by atomic mass is 10.3. The molecule has 2 aliphatic rings. The summed E-state index contributed by atoms with van der Waals surface area (Å²) in [5.74, 6) is 0.762. The average Bonchev–Trinajstić information content (AvgIpc) is 2.51. The predicted octanol–water partition coefficient (Wildman–Crippen LogP) is 1.38. The fourth-order valence-corrected chi connectivity index (χ4v) is 2.01. The zero-order valence-electron chi connectivity index (χ0n) is 7.51. The smallest absolute Gasteiger partial charge is 0.163 e. The minimum absolute atomic E-state index is 0.0302. The Morgan fingerprint density at radius 1 is 1.31 bits per heavy atom. The largest absolute Gasteiger partial charge is 0.255 e. The molecule has 13 heavy (non-hydrogen) atoms. The molecule has 68 valence electrons. The van der Waals surface area contributed by atoms with Gasteiger partial charge >= 0.3 is 0 Å².